The first-order valence-electron chi connectivity index (χ1n) is 7.28. The second-order valence-electron chi connectivity index (χ2n) is 5.03. The average molecular weight is 362 g/mol. The van der Waals surface area contributed by atoms with Gasteiger partial charge in [-0.25, -0.2) is 0 Å². The minimum Gasteiger partial charge on any atom is -0.270 e. The van der Waals surface area contributed by atoms with Gasteiger partial charge in [-0.2, -0.15) is 13.2 Å². The predicted molar refractivity (Wildman–Crippen MR) is 90.5 cm³/mol. The van der Waals surface area contributed by atoms with Crippen molar-refractivity contribution in [1.82, 2.24) is 19.7 Å². The highest BCUT2D eigenvalue weighted by Crippen LogP contribution is 2.33. The highest BCUT2D eigenvalue weighted by atomic mass is 32.2. The van der Waals surface area contributed by atoms with Crippen LogP contribution in [0.4, 0.5) is 13.2 Å². The molecule has 0 bridgehead atoms. The van der Waals surface area contributed by atoms with E-state index in [-0.39, 0.29) is 0 Å². The number of nitrogens with zero attached hydrogens (tertiary/aromatic N) is 4. The van der Waals surface area contributed by atoms with Crippen LogP contribution in [0.25, 0.3) is 17.1 Å². The van der Waals surface area contributed by atoms with Gasteiger partial charge in [-0.1, -0.05) is 23.9 Å². The Balaban J connectivity index is 2.16. The molecule has 8 heteroatoms. The molecule has 0 spiro atoms. The molecule has 0 fully saturated rings. The monoisotopic (exact) mass is 362 g/mol. The van der Waals surface area contributed by atoms with Crippen molar-refractivity contribution < 1.29 is 13.2 Å². The topological polar surface area (TPSA) is 43.6 Å². The lowest BCUT2D eigenvalue weighted by atomic mass is 10.2. The summed E-state index contributed by atoms with van der Waals surface area (Å²) in [6.45, 7) is 3.65. The van der Waals surface area contributed by atoms with Gasteiger partial charge in [0.1, 0.15) is 0 Å². The lowest BCUT2D eigenvalue weighted by Gasteiger charge is -2.12. The van der Waals surface area contributed by atoms with Crippen LogP contribution in [0.3, 0.4) is 0 Å². The molecular formula is C17H13F3N4S. The Bertz CT molecular complexity index is 875. The van der Waals surface area contributed by atoms with Gasteiger partial charge in [0, 0.05) is 23.7 Å². The normalized spacial score (nSPS) is 11.5. The highest BCUT2D eigenvalue weighted by Gasteiger charge is 2.31. The van der Waals surface area contributed by atoms with Crippen LogP contribution in [0.5, 0.6) is 0 Å². The van der Waals surface area contributed by atoms with Crippen LogP contribution < -0.4 is 0 Å². The predicted octanol–water partition coefficient (Wildman–Crippen LogP) is 4.63. The molecule has 0 saturated carbocycles. The van der Waals surface area contributed by atoms with Gasteiger partial charge in [0.25, 0.3) is 0 Å². The molecule has 1 aromatic carbocycles. The standard InChI is InChI=1S/C17H13F3N4S/c1-2-9-25-16-23-22-15(12-5-4-8-21-11-12)24(16)14-7-3-6-13(10-14)17(18,19)20/h2-8,10-11H,1,9H2. The molecule has 0 amide bonds. The van der Waals surface area contributed by atoms with E-state index in [0.29, 0.717) is 28.0 Å². The van der Waals surface area contributed by atoms with Gasteiger partial charge in [-0.3, -0.25) is 9.55 Å². The summed E-state index contributed by atoms with van der Waals surface area (Å²) in [5, 5.41) is 8.75. The van der Waals surface area contributed by atoms with Gasteiger partial charge in [0.15, 0.2) is 11.0 Å². The van der Waals surface area contributed by atoms with Crippen molar-refractivity contribution in [2.45, 2.75) is 11.3 Å². The van der Waals surface area contributed by atoms with Crippen LogP contribution in [0.1, 0.15) is 5.56 Å². The molecule has 0 atom stereocenters. The molecule has 0 saturated heterocycles. The van der Waals surface area contributed by atoms with Crippen LogP contribution in [-0.4, -0.2) is 25.5 Å². The summed E-state index contributed by atoms with van der Waals surface area (Å²) >= 11 is 1.34. The Kier molecular flexibility index (Phi) is 4.89. The summed E-state index contributed by atoms with van der Waals surface area (Å²) in [5.74, 6) is 0.989. The summed E-state index contributed by atoms with van der Waals surface area (Å²) < 4.78 is 40.8. The summed E-state index contributed by atoms with van der Waals surface area (Å²) in [7, 11) is 0. The maximum absolute atomic E-state index is 13.1. The van der Waals surface area contributed by atoms with Crippen LogP contribution in [-0.2, 0) is 6.18 Å². The van der Waals surface area contributed by atoms with Crippen molar-refractivity contribution in [3.8, 4) is 17.1 Å². The van der Waals surface area contributed by atoms with Gasteiger partial charge < -0.3 is 0 Å². The van der Waals surface area contributed by atoms with Gasteiger partial charge in [-0.15, -0.1) is 16.8 Å². The van der Waals surface area contributed by atoms with Crippen molar-refractivity contribution in [3.63, 3.8) is 0 Å². The quantitative estimate of drug-likeness (QED) is 0.490. The Morgan fingerprint density at radius 3 is 2.68 bits per heavy atom. The lowest BCUT2D eigenvalue weighted by molar-refractivity contribution is -0.137. The summed E-state index contributed by atoms with van der Waals surface area (Å²) in [6.07, 6.45) is 0.477. The molecule has 0 N–H and O–H groups in total. The van der Waals surface area contributed by atoms with E-state index in [1.54, 1.807) is 41.2 Å². The van der Waals surface area contributed by atoms with Crippen LogP contribution in [0.15, 0.2) is 66.6 Å². The van der Waals surface area contributed by atoms with Crippen LogP contribution in [0.2, 0.25) is 0 Å². The Morgan fingerprint density at radius 2 is 2.00 bits per heavy atom. The van der Waals surface area contributed by atoms with Crippen molar-refractivity contribution >= 4 is 11.8 Å². The Hall–Kier alpha value is -2.61. The molecular weight excluding hydrogens is 349 g/mol. The fourth-order valence-electron chi connectivity index (χ4n) is 2.23. The van der Waals surface area contributed by atoms with Crippen molar-refractivity contribution in [2.75, 3.05) is 5.75 Å². The van der Waals surface area contributed by atoms with E-state index in [1.807, 2.05) is 0 Å². The van der Waals surface area contributed by atoms with Crippen molar-refractivity contribution in [2.24, 2.45) is 0 Å². The smallest absolute Gasteiger partial charge is 0.270 e. The third-order valence-corrected chi connectivity index (χ3v) is 4.24. The molecule has 0 aliphatic carbocycles. The number of alkyl halides is 3. The van der Waals surface area contributed by atoms with Crippen LogP contribution >= 0.6 is 11.8 Å². The third kappa shape index (κ3) is 3.74. The SMILES string of the molecule is C=CCSc1nnc(-c2cccnc2)n1-c1cccc(C(F)(F)F)c1. The molecule has 25 heavy (non-hydrogen) atoms. The zero-order valence-electron chi connectivity index (χ0n) is 12.9. The fraction of sp³-hybridized carbons (Fsp3) is 0.118. The molecule has 128 valence electrons. The third-order valence-electron chi connectivity index (χ3n) is 3.32. The number of halogens is 3. The summed E-state index contributed by atoms with van der Waals surface area (Å²) in [5.41, 5.74) is 0.276. The number of benzene rings is 1. The second kappa shape index (κ2) is 7.10. The Morgan fingerprint density at radius 1 is 1.16 bits per heavy atom. The molecule has 0 radical (unpaired) electrons. The summed E-state index contributed by atoms with van der Waals surface area (Å²) in [6, 6.07) is 8.60. The van der Waals surface area contributed by atoms with Crippen molar-refractivity contribution in [3.05, 3.63) is 67.0 Å². The molecule has 0 aliphatic rings. The van der Waals surface area contributed by atoms with E-state index >= 15 is 0 Å². The number of thioether (sulfide) groups is 1. The first-order valence-corrected chi connectivity index (χ1v) is 8.26. The van der Waals surface area contributed by atoms with E-state index in [0.717, 1.165) is 12.1 Å². The first-order chi connectivity index (χ1) is 12.0. The maximum Gasteiger partial charge on any atom is 0.416 e. The number of rotatable bonds is 5. The largest absolute Gasteiger partial charge is 0.416 e. The molecule has 3 rings (SSSR count). The second-order valence-corrected chi connectivity index (χ2v) is 6.02. The fourth-order valence-corrected chi connectivity index (χ4v) is 2.92. The zero-order valence-corrected chi connectivity index (χ0v) is 13.8. The van der Waals surface area contributed by atoms with Gasteiger partial charge in [0.05, 0.1) is 11.3 Å². The highest BCUT2D eigenvalue weighted by molar-refractivity contribution is 7.99. The van der Waals surface area contributed by atoms with E-state index in [2.05, 4.69) is 21.8 Å². The molecule has 0 aliphatic heterocycles. The van der Waals surface area contributed by atoms with Gasteiger partial charge >= 0.3 is 6.18 Å². The number of aromatic nitrogens is 4. The minimum atomic E-state index is -4.42. The molecule has 4 nitrogen and oxygen atoms in total. The van der Waals surface area contributed by atoms with E-state index < -0.39 is 11.7 Å². The first kappa shape index (κ1) is 17.2. The zero-order chi connectivity index (χ0) is 17.9. The Labute approximate surface area is 146 Å². The summed E-state index contributed by atoms with van der Waals surface area (Å²) in [4.78, 5) is 4.04. The van der Waals surface area contributed by atoms with Crippen molar-refractivity contribution in [1.29, 1.82) is 0 Å². The molecule has 3 aromatic rings. The minimum absolute atomic E-state index is 0.338. The van der Waals surface area contributed by atoms with Crippen LogP contribution in [0, 0.1) is 0 Å². The lowest BCUT2D eigenvalue weighted by Crippen LogP contribution is -2.07. The van der Waals surface area contributed by atoms with Gasteiger partial charge in [0.2, 0.25) is 0 Å². The maximum atomic E-state index is 13.1. The van der Waals surface area contributed by atoms with E-state index in [1.165, 1.54) is 17.8 Å². The number of hydrogen-bond acceptors (Lipinski definition) is 4. The van der Waals surface area contributed by atoms with E-state index in [4.69, 9.17) is 0 Å². The number of pyridine rings is 1. The molecule has 2 heterocycles. The number of hydrogen-bond donors (Lipinski definition) is 0. The molecule has 2 aromatic heterocycles. The average Bonchev–Trinajstić information content (AvgIpc) is 3.04. The van der Waals surface area contributed by atoms with Gasteiger partial charge in [-0.05, 0) is 30.3 Å². The molecule has 0 unspecified atom stereocenters. The van der Waals surface area contributed by atoms with E-state index in [9.17, 15) is 13.2 Å².